The van der Waals surface area contributed by atoms with E-state index in [0.717, 1.165) is 25.7 Å². The van der Waals surface area contributed by atoms with Crippen LogP contribution in [-0.2, 0) is 61.6 Å². The molecule has 25 unspecified atom stereocenters. The molecule has 7 heterocycles. The van der Waals surface area contributed by atoms with E-state index in [1.165, 1.54) is 14.0 Å². The lowest BCUT2D eigenvalue weighted by Crippen LogP contribution is -2.71. The number of methoxy groups -OCH3 is 4. The van der Waals surface area contributed by atoms with E-state index in [9.17, 15) is 30.3 Å². The monoisotopic (exact) mass is 933 g/mol. The maximum absolute atomic E-state index is 11.9. The first-order valence-corrected chi connectivity index (χ1v) is 24.0. The molecular weight excluding hydrogens is 852 g/mol. The Morgan fingerprint density at radius 1 is 0.738 bits per heavy atom. The van der Waals surface area contributed by atoms with Gasteiger partial charge in [-0.3, -0.25) is 0 Å². The van der Waals surface area contributed by atoms with Crippen LogP contribution in [0.3, 0.4) is 0 Å². The van der Waals surface area contributed by atoms with Crippen molar-refractivity contribution in [1.82, 2.24) is 0 Å². The topological polar surface area (TPSA) is 229 Å². The number of hydrogen-bond acceptors (Lipinski definition) is 17. The van der Waals surface area contributed by atoms with Crippen LogP contribution in [0.25, 0.3) is 0 Å². The van der Waals surface area contributed by atoms with E-state index in [2.05, 4.69) is 6.92 Å². The van der Waals surface area contributed by atoms with Crippen LogP contribution in [0.5, 0.6) is 0 Å². The summed E-state index contributed by atoms with van der Waals surface area (Å²) in [4.78, 5) is 11.9. The van der Waals surface area contributed by atoms with Gasteiger partial charge in [-0.25, -0.2) is 4.79 Å². The van der Waals surface area contributed by atoms with E-state index in [1.807, 2.05) is 34.6 Å². The summed E-state index contributed by atoms with van der Waals surface area (Å²) in [5.74, 6) is -9.32. The number of carbonyl (C=O) groups is 1. The van der Waals surface area contributed by atoms with Gasteiger partial charge in [-0.2, -0.15) is 0 Å². The second-order valence-electron chi connectivity index (χ2n) is 21.0. The average Bonchev–Trinajstić information content (AvgIpc) is 4.01. The molecule has 1 spiro atoms. The molecule has 65 heavy (non-hydrogen) atoms. The molecule has 7 fully saturated rings. The number of aliphatic hydroxyl groups is 4. The zero-order valence-electron chi connectivity index (χ0n) is 40.7. The molecule has 5 N–H and O–H groups in total. The molecule has 376 valence electrons. The second-order valence-corrected chi connectivity index (χ2v) is 21.0. The van der Waals surface area contributed by atoms with Crippen LogP contribution >= 0.6 is 0 Å². The number of ether oxygens (including phenoxy) is 12. The van der Waals surface area contributed by atoms with Crippen molar-refractivity contribution in [1.29, 1.82) is 0 Å². The van der Waals surface area contributed by atoms with E-state index in [1.54, 1.807) is 35.2 Å². The number of rotatable bonds is 13. The smallest absolute Gasteiger partial charge is 0.338 e. The Hall–Kier alpha value is -1.17. The standard InChI is InChI=1S/C47H80O18/c1-22-37(61-36-19-17-29(54-10)27(6)58-36)24(3)45(9,52)64-38(22)32-15-14-30(59-32)31-16-18-34(60-31)44(8)41(56-12)26(5)47(65-44)23(2)33(55-11)20-28(62-47)21-35-43(7,57-13)39(48)25(4)46(53,63-35)40(49)42(50)51/h22-41,48-49,52-53H,14-21H2,1-13H3,(H,50,51). The summed E-state index contributed by atoms with van der Waals surface area (Å²) in [6.45, 7) is 16.8. The molecule has 0 amide bonds. The Balaban J connectivity index is 1.05. The molecule has 7 aliphatic rings. The molecule has 0 bridgehead atoms. The van der Waals surface area contributed by atoms with E-state index in [4.69, 9.17) is 56.8 Å². The third-order valence-corrected chi connectivity index (χ3v) is 17.3. The number of carboxylic acid groups (broad SMARTS) is 1. The van der Waals surface area contributed by atoms with Crippen molar-refractivity contribution < 1.29 is 87.2 Å². The van der Waals surface area contributed by atoms with Crippen molar-refractivity contribution in [2.75, 3.05) is 28.4 Å². The SMILES string of the molecule is COC1CCC(OC2C(C)C(C3CCC(C4CCC(C5(C)OC6(OC(CC7OC(O)(C(O)C(=O)O)C(C)C(O)C7(C)OC)CC(OC)C6C)C(C)C5OC)O4)O3)OC(C)(O)C2C)OC1C. The third-order valence-electron chi connectivity index (χ3n) is 17.3. The molecule has 18 heteroatoms. The van der Waals surface area contributed by atoms with Crippen molar-refractivity contribution in [3.63, 3.8) is 0 Å². The predicted molar refractivity (Wildman–Crippen MR) is 229 cm³/mol. The van der Waals surface area contributed by atoms with Gasteiger partial charge in [-0.15, -0.1) is 0 Å². The van der Waals surface area contributed by atoms with Gasteiger partial charge in [-0.1, -0.05) is 34.6 Å². The summed E-state index contributed by atoms with van der Waals surface area (Å²) in [5.41, 5.74) is -2.41. The highest BCUT2D eigenvalue weighted by Gasteiger charge is 2.70. The van der Waals surface area contributed by atoms with Crippen LogP contribution in [0.2, 0.25) is 0 Å². The van der Waals surface area contributed by atoms with Gasteiger partial charge < -0.3 is 82.4 Å². The molecule has 25 atom stereocenters. The Morgan fingerprint density at radius 2 is 1.38 bits per heavy atom. The Kier molecular flexibility index (Phi) is 15.3. The Morgan fingerprint density at radius 3 is 2.00 bits per heavy atom. The second kappa shape index (κ2) is 19.2. The molecule has 18 nitrogen and oxygen atoms in total. The van der Waals surface area contributed by atoms with Gasteiger partial charge in [0.05, 0.1) is 79.4 Å². The van der Waals surface area contributed by atoms with E-state index < -0.39 is 89.5 Å². The lowest BCUT2D eigenvalue weighted by atomic mass is 9.73. The fourth-order valence-electron chi connectivity index (χ4n) is 12.9. The predicted octanol–water partition coefficient (Wildman–Crippen LogP) is 3.29. The molecular formula is C47H80O18. The Bertz CT molecular complexity index is 1640. The molecule has 0 aromatic rings. The summed E-state index contributed by atoms with van der Waals surface area (Å²) >= 11 is 0. The largest absolute Gasteiger partial charge is 0.479 e. The molecule has 0 radical (unpaired) electrons. The van der Waals surface area contributed by atoms with Crippen molar-refractivity contribution >= 4 is 5.97 Å². The maximum atomic E-state index is 11.9. The molecule has 7 aliphatic heterocycles. The fraction of sp³-hybridized carbons (Fsp3) is 0.979. The molecule has 7 saturated heterocycles. The first kappa shape index (κ1) is 51.7. The summed E-state index contributed by atoms with van der Waals surface area (Å²) in [6, 6.07) is 0. The van der Waals surface area contributed by atoms with Crippen LogP contribution < -0.4 is 0 Å². The Labute approximate surface area is 384 Å². The molecule has 0 aliphatic carbocycles. The molecule has 0 aromatic carbocycles. The van der Waals surface area contributed by atoms with Crippen LogP contribution in [0.1, 0.15) is 114 Å². The van der Waals surface area contributed by atoms with Crippen molar-refractivity contribution in [3.8, 4) is 0 Å². The fourth-order valence-corrected chi connectivity index (χ4v) is 12.9. The lowest BCUT2D eigenvalue weighted by molar-refractivity contribution is -0.388. The van der Waals surface area contributed by atoms with Gasteiger partial charge in [0.15, 0.2) is 17.9 Å². The zero-order chi connectivity index (χ0) is 47.8. The van der Waals surface area contributed by atoms with Gasteiger partial charge in [0.25, 0.3) is 0 Å². The van der Waals surface area contributed by atoms with Gasteiger partial charge in [0.2, 0.25) is 11.9 Å². The third kappa shape index (κ3) is 8.88. The van der Waals surface area contributed by atoms with Gasteiger partial charge in [-0.05, 0) is 59.8 Å². The highest BCUT2D eigenvalue weighted by molar-refractivity contribution is 5.73. The summed E-state index contributed by atoms with van der Waals surface area (Å²) in [7, 11) is 6.39. The number of hydrogen-bond donors (Lipinski definition) is 5. The van der Waals surface area contributed by atoms with Crippen LogP contribution in [0.4, 0.5) is 0 Å². The summed E-state index contributed by atoms with van der Waals surface area (Å²) in [5, 5.41) is 54.9. The number of aliphatic hydroxyl groups excluding tert-OH is 2. The van der Waals surface area contributed by atoms with Gasteiger partial charge in [0, 0.05) is 77.3 Å². The van der Waals surface area contributed by atoms with E-state index in [-0.39, 0.29) is 72.8 Å². The quantitative estimate of drug-likeness (QED) is 0.179. The zero-order valence-corrected chi connectivity index (χ0v) is 40.7. The van der Waals surface area contributed by atoms with Gasteiger partial charge in [0.1, 0.15) is 11.2 Å². The molecule has 0 saturated carbocycles. The maximum Gasteiger partial charge on any atom is 0.338 e. The minimum atomic E-state index is -2.63. The summed E-state index contributed by atoms with van der Waals surface area (Å²) < 4.78 is 77.3. The van der Waals surface area contributed by atoms with Crippen LogP contribution in [0, 0.1) is 29.6 Å². The molecule has 7 rings (SSSR count). The summed E-state index contributed by atoms with van der Waals surface area (Å²) in [6.07, 6.45) is -4.04. The van der Waals surface area contributed by atoms with Gasteiger partial charge >= 0.3 is 5.97 Å². The van der Waals surface area contributed by atoms with Crippen molar-refractivity contribution in [3.05, 3.63) is 0 Å². The highest BCUT2D eigenvalue weighted by Crippen LogP contribution is 2.57. The highest BCUT2D eigenvalue weighted by atomic mass is 16.7. The minimum absolute atomic E-state index is 0.0149. The minimum Gasteiger partial charge on any atom is -0.479 e. The van der Waals surface area contributed by atoms with Crippen LogP contribution in [-0.4, -0.2) is 180 Å². The van der Waals surface area contributed by atoms with E-state index >= 15 is 0 Å². The lowest BCUT2D eigenvalue weighted by Gasteiger charge is -2.55. The number of carboxylic acids is 1. The van der Waals surface area contributed by atoms with E-state index in [0.29, 0.717) is 19.3 Å². The van der Waals surface area contributed by atoms with Crippen molar-refractivity contribution in [2.45, 2.75) is 234 Å². The first-order valence-electron chi connectivity index (χ1n) is 24.0. The number of aliphatic carboxylic acids is 1. The molecule has 0 aromatic heterocycles. The van der Waals surface area contributed by atoms with Crippen molar-refractivity contribution in [2.24, 2.45) is 29.6 Å². The normalized spacial score (nSPS) is 54.6. The average molecular weight is 933 g/mol. The van der Waals surface area contributed by atoms with Crippen LogP contribution in [0.15, 0.2) is 0 Å². The first-order chi connectivity index (χ1) is 30.5.